The molecule has 17 heavy (non-hydrogen) atoms. The molecule has 1 rings (SSSR count). The van der Waals surface area contributed by atoms with Crippen molar-refractivity contribution in [3.05, 3.63) is 30.1 Å². The summed E-state index contributed by atoms with van der Waals surface area (Å²) in [6.07, 6.45) is 1.01. The Balaban J connectivity index is 2.16. The van der Waals surface area contributed by atoms with Crippen LogP contribution in [0.15, 0.2) is 24.4 Å². The van der Waals surface area contributed by atoms with Gasteiger partial charge in [-0.15, -0.1) is 0 Å². The van der Waals surface area contributed by atoms with Gasteiger partial charge in [-0.25, -0.2) is 0 Å². The molecule has 1 aromatic heterocycles. The van der Waals surface area contributed by atoms with Crippen LogP contribution >= 0.6 is 0 Å². The lowest BCUT2D eigenvalue weighted by Gasteiger charge is -2.10. The molecule has 1 unspecified atom stereocenters. The number of hydrogen-bond donors (Lipinski definition) is 2. The molecule has 1 heterocycles. The maximum atomic E-state index is 11.1. The molecule has 1 atom stereocenters. The number of nitrogens with one attached hydrogen (secondary N) is 1. The Morgan fingerprint density at radius 3 is 3.06 bits per heavy atom. The van der Waals surface area contributed by atoms with Gasteiger partial charge in [0.15, 0.2) is 0 Å². The molecule has 0 saturated carbocycles. The van der Waals surface area contributed by atoms with E-state index in [2.05, 4.69) is 10.3 Å². The molecule has 0 aromatic carbocycles. The number of aliphatic hydroxyl groups excluding tert-OH is 1. The molecule has 0 amide bonds. The van der Waals surface area contributed by atoms with Crippen molar-refractivity contribution in [1.82, 2.24) is 10.3 Å². The van der Waals surface area contributed by atoms with Gasteiger partial charge in [0.25, 0.3) is 0 Å². The second-order valence-corrected chi connectivity index (χ2v) is 3.61. The van der Waals surface area contributed by atoms with E-state index in [1.807, 2.05) is 18.2 Å². The lowest BCUT2D eigenvalue weighted by atomic mass is 10.2. The number of pyridine rings is 1. The summed E-state index contributed by atoms with van der Waals surface area (Å²) in [5, 5.41) is 12.6. The van der Waals surface area contributed by atoms with Crippen LogP contribution in [0.1, 0.15) is 19.0 Å². The minimum atomic E-state index is -0.724. The highest BCUT2D eigenvalue weighted by Gasteiger charge is 2.10. The molecule has 1 aromatic rings. The van der Waals surface area contributed by atoms with Gasteiger partial charge in [-0.2, -0.15) is 0 Å². The first-order valence-corrected chi connectivity index (χ1v) is 5.66. The van der Waals surface area contributed by atoms with Crippen LogP contribution in [-0.2, 0) is 16.1 Å². The van der Waals surface area contributed by atoms with E-state index >= 15 is 0 Å². The van der Waals surface area contributed by atoms with Crippen molar-refractivity contribution in [3.8, 4) is 0 Å². The summed E-state index contributed by atoms with van der Waals surface area (Å²) >= 11 is 0. The third kappa shape index (κ3) is 5.99. The largest absolute Gasteiger partial charge is 0.466 e. The van der Waals surface area contributed by atoms with Gasteiger partial charge in [0.05, 0.1) is 24.8 Å². The number of carbonyl (C=O) groups excluding carboxylic acids is 1. The molecule has 0 saturated heterocycles. The minimum absolute atomic E-state index is 0.0169. The van der Waals surface area contributed by atoms with E-state index < -0.39 is 6.10 Å². The van der Waals surface area contributed by atoms with Crippen molar-refractivity contribution in [2.24, 2.45) is 0 Å². The summed E-state index contributed by atoms with van der Waals surface area (Å²) in [6, 6.07) is 5.64. The topological polar surface area (TPSA) is 71.5 Å². The average molecular weight is 238 g/mol. The molecule has 0 aliphatic carbocycles. The fraction of sp³-hybridized carbons (Fsp3) is 0.500. The number of nitrogens with zero attached hydrogens (tertiary/aromatic N) is 1. The molecule has 2 N–H and O–H groups in total. The fourth-order valence-electron chi connectivity index (χ4n) is 1.35. The standard InChI is InChI=1S/C12H18N2O3/c1-2-17-12(16)7-11(15)9-13-8-10-5-3-4-6-14-10/h3-6,11,13,15H,2,7-9H2,1H3. The number of aliphatic hydroxyl groups is 1. The summed E-state index contributed by atoms with van der Waals surface area (Å²) in [4.78, 5) is 15.2. The molecular formula is C12H18N2O3. The first-order chi connectivity index (χ1) is 8.22. The molecule has 94 valence electrons. The Morgan fingerprint density at radius 2 is 2.41 bits per heavy atom. The average Bonchev–Trinajstić information content (AvgIpc) is 2.30. The van der Waals surface area contributed by atoms with Gasteiger partial charge < -0.3 is 15.2 Å². The molecule has 0 spiro atoms. The van der Waals surface area contributed by atoms with Gasteiger partial charge in [0, 0.05) is 19.3 Å². The first-order valence-electron chi connectivity index (χ1n) is 5.66. The highest BCUT2D eigenvalue weighted by molar-refractivity contribution is 5.69. The van der Waals surface area contributed by atoms with Crippen molar-refractivity contribution in [1.29, 1.82) is 0 Å². The molecular weight excluding hydrogens is 220 g/mol. The lowest BCUT2D eigenvalue weighted by molar-refractivity contribution is -0.145. The molecule has 5 nitrogen and oxygen atoms in total. The Kier molecular flexibility index (Phi) is 6.21. The van der Waals surface area contributed by atoms with Crippen molar-refractivity contribution < 1.29 is 14.6 Å². The zero-order valence-corrected chi connectivity index (χ0v) is 9.93. The zero-order chi connectivity index (χ0) is 12.5. The Hall–Kier alpha value is -1.46. The molecule has 5 heteroatoms. The summed E-state index contributed by atoms with van der Waals surface area (Å²) in [5.74, 6) is -0.375. The number of rotatable bonds is 7. The molecule has 0 radical (unpaired) electrons. The number of aromatic nitrogens is 1. The van der Waals surface area contributed by atoms with Crippen LogP contribution in [0.4, 0.5) is 0 Å². The van der Waals surface area contributed by atoms with E-state index in [-0.39, 0.29) is 12.4 Å². The number of esters is 1. The molecule has 0 bridgehead atoms. The van der Waals surface area contributed by atoms with Crippen LogP contribution in [0.25, 0.3) is 0 Å². The Morgan fingerprint density at radius 1 is 1.59 bits per heavy atom. The second-order valence-electron chi connectivity index (χ2n) is 3.61. The predicted octanol–water partition coefficient (Wildman–Crippen LogP) is 0.485. The van der Waals surface area contributed by atoms with E-state index in [9.17, 15) is 9.90 Å². The molecule has 0 fully saturated rings. The highest BCUT2D eigenvalue weighted by Crippen LogP contribution is 1.96. The normalized spacial score (nSPS) is 12.1. The van der Waals surface area contributed by atoms with Crippen LogP contribution < -0.4 is 5.32 Å². The number of ether oxygens (including phenoxy) is 1. The van der Waals surface area contributed by atoms with Crippen molar-refractivity contribution in [2.45, 2.75) is 26.0 Å². The smallest absolute Gasteiger partial charge is 0.308 e. The Labute approximate surface area is 101 Å². The van der Waals surface area contributed by atoms with E-state index in [0.717, 1.165) is 5.69 Å². The summed E-state index contributed by atoms with van der Waals surface area (Å²) < 4.78 is 4.74. The van der Waals surface area contributed by atoms with Gasteiger partial charge >= 0.3 is 5.97 Å². The maximum Gasteiger partial charge on any atom is 0.308 e. The van der Waals surface area contributed by atoms with E-state index in [4.69, 9.17) is 4.74 Å². The molecule has 0 aliphatic heterocycles. The second kappa shape index (κ2) is 7.76. The highest BCUT2D eigenvalue weighted by atomic mass is 16.5. The van der Waals surface area contributed by atoms with Gasteiger partial charge in [-0.1, -0.05) is 6.07 Å². The first kappa shape index (κ1) is 13.6. The quantitative estimate of drug-likeness (QED) is 0.676. The van der Waals surface area contributed by atoms with Crippen LogP contribution in [-0.4, -0.2) is 35.3 Å². The van der Waals surface area contributed by atoms with Crippen LogP contribution in [0.2, 0.25) is 0 Å². The van der Waals surface area contributed by atoms with Gasteiger partial charge in [-0.3, -0.25) is 9.78 Å². The van der Waals surface area contributed by atoms with Gasteiger partial charge in [0.1, 0.15) is 0 Å². The molecule has 0 aliphatic rings. The third-order valence-corrected chi connectivity index (χ3v) is 2.12. The summed E-state index contributed by atoms with van der Waals surface area (Å²) in [5.41, 5.74) is 0.899. The van der Waals surface area contributed by atoms with Gasteiger partial charge in [0.2, 0.25) is 0 Å². The third-order valence-electron chi connectivity index (χ3n) is 2.12. The van der Waals surface area contributed by atoms with Crippen molar-refractivity contribution in [3.63, 3.8) is 0 Å². The van der Waals surface area contributed by atoms with Crippen LogP contribution in [0, 0.1) is 0 Å². The lowest BCUT2D eigenvalue weighted by Crippen LogP contribution is -2.29. The minimum Gasteiger partial charge on any atom is -0.466 e. The predicted molar refractivity (Wildman–Crippen MR) is 63.2 cm³/mol. The zero-order valence-electron chi connectivity index (χ0n) is 9.93. The number of hydrogen-bond acceptors (Lipinski definition) is 5. The maximum absolute atomic E-state index is 11.1. The monoisotopic (exact) mass is 238 g/mol. The van der Waals surface area contributed by atoms with Crippen molar-refractivity contribution in [2.75, 3.05) is 13.2 Å². The van der Waals surface area contributed by atoms with E-state index in [1.54, 1.807) is 13.1 Å². The van der Waals surface area contributed by atoms with Gasteiger partial charge in [-0.05, 0) is 19.1 Å². The SMILES string of the molecule is CCOC(=O)CC(O)CNCc1ccccn1. The van der Waals surface area contributed by atoms with E-state index in [1.165, 1.54) is 0 Å². The van der Waals surface area contributed by atoms with Crippen LogP contribution in [0.3, 0.4) is 0 Å². The van der Waals surface area contributed by atoms with E-state index in [0.29, 0.717) is 19.7 Å². The summed E-state index contributed by atoms with van der Waals surface area (Å²) in [6.45, 7) is 2.99. The fourth-order valence-corrected chi connectivity index (χ4v) is 1.35. The summed E-state index contributed by atoms with van der Waals surface area (Å²) in [7, 11) is 0. The van der Waals surface area contributed by atoms with Crippen molar-refractivity contribution >= 4 is 5.97 Å². The number of carbonyl (C=O) groups is 1. The Bertz CT molecular complexity index is 330. The van der Waals surface area contributed by atoms with Crippen LogP contribution in [0.5, 0.6) is 0 Å².